The molecule has 0 aliphatic rings. The van der Waals surface area contributed by atoms with Crippen LogP contribution in [0.5, 0.6) is 0 Å². The van der Waals surface area contributed by atoms with Gasteiger partial charge in [0.25, 0.3) is 10.1 Å². The van der Waals surface area contributed by atoms with Crippen LogP contribution < -0.4 is 0 Å². The Labute approximate surface area is 119 Å². The fraction of sp³-hybridized carbons (Fsp3) is 0.923. The minimum atomic E-state index is -3.51. The molecule has 19 heavy (non-hydrogen) atoms. The lowest BCUT2D eigenvalue weighted by molar-refractivity contribution is -0.119. The molecule has 0 amide bonds. The summed E-state index contributed by atoms with van der Waals surface area (Å²) in [4.78, 5) is 11.9. The van der Waals surface area contributed by atoms with Crippen molar-refractivity contribution in [2.75, 3.05) is 23.0 Å². The highest BCUT2D eigenvalue weighted by Gasteiger charge is 2.31. The van der Waals surface area contributed by atoms with Gasteiger partial charge in [-0.1, -0.05) is 41.0 Å². The zero-order valence-corrected chi connectivity index (χ0v) is 14.4. The first-order valence-corrected chi connectivity index (χ1v) is 10.6. The van der Waals surface area contributed by atoms with Crippen LogP contribution in [0.3, 0.4) is 0 Å². The Morgan fingerprint density at radius 2 is 1.63 bits per heavy atom. The van der Waals surface area contributed by atoms with Gasteiger partial charge in [0.2, 0.25) is 0 Å². The summed E-state index contributed by atoms with van der Waals surface area (Å²) < 4.78 is 29.4. The normalized spacial score (nSPS) is 13.8. The average Bonchev–Trinajstić information content (AvgIpc) is 2.35. The summed E-state index contributed by atoms with van der Waals surface area (Å²) in [5.74, 6) is 1.52. The molecule has 0 N–H and O–H groups in total. The minimum Gasteiger partial charge on any atom is -0.298 e. The molecular formula is C13H28O4S2. The zero-order chi connectivity index (χ0) is 15.1. The number of carbonyl (C=O) groups is 1. The first kappa shape index (κ1) is 18.9. The van der Waals surface area contributed by atoms with Crippen molar-refractivity contribution in [3.8, 4) is 0 Å². The summed E-state index contributed by atoms with van der Waals surface area (Å²) in [6.45, 7) is 9.42. The van der Waals surface area contributed by atoms with Crippen LogP contribution in [0.2, 0.25) is 0 Å². The highest BCUT2D eigenvalue weighted by Crippen LogP contribution is 2.50. The number of ketones is 1. The van der Waals surface area contributed by atoms with Gasteiger partial charge in [0.15, 0.2) is 0 Å². The Bertz CT molecular complexity index is 370. The van der Waals surface area contributed by atoms with E-state index in [0.29, 0.717) is 17.9 Å². The number of hydrogen-bond acceptors (Lipinski definition) is 4. The summed E-state index contributed by atoms with van der Waals surface area (Å²) in [6.07, 6.45) is 1.41. The highest BCUT2D eigenvalue weighted by molar-refractivity contribution is 8.33. The maximum absolute atomic E-state index is 12.0. The second kappa shape index (κ2) is 8.27. The summed E-state index contributed by atoms with van der Waals surface area (Å²) >= 11 is 0. The summed E-state index contributed by atoms with van der Waals surface area (Å²) in [6, 6.07) is 0. The van der Waals surface area contributed by atoms with Gasteiger partial charge >= 0.3 is 0 Å². The molecule has 0 aromatic heterocycles. The second-order valence-electron chi connectivity index (χ2n) is 4.99. The van der Waals surface area contributed by atoms with E-state index in [-0.39, 0.29) is 23.2 Å². The van der Waals surface area contributed by atoms with Crippen molar-refractivity contribution in [3.63, 3.8) is 0 Å². The van der Waals surface area contributed by atoms with Crippen LogP contribution in [-0.4, -0.2) is 37.2 Å². The first-order valence-electron chi connectivity index (χ1n) is 6.94. The third-order valence-electron chi connectivity index (χ3n) is 3.10. The van der Waals surface area contributed by atoms with Gasteiger partial charge < -0.3 is 0 Å². The summed E-state index contributed by atoms with van der Waals surface area (Å²) in [5, 5.41) is 0. The molecule has 0 atom stereocenters. The van der Waals surface area contributed by atoms with Gasteiger partial charge in [0, 0.05) is 5.92 Å². The lowest BCUT2D eigenvalue weighted by atomic mass is 10.1. The second-order valence-corrected chi connectivity index (χ2v) is 10.4. The molecule has 0 aromatic carbocycles. The van der Waals surface area contributed by atoms with Crippen molar-refractivity contribution in [1.29, 1.82) is 0 Å². The number of unbranched alkanes of at least 4 members (excludes halogenated alkanes) is 1. The van der Waals surface area contributed by atoms with E-state index < -0.39 is 20.4 Å². The molecule has 0 aromatic rings. The zero-order valence-electron chi connectivity index (χ0n) is 12.8. The molecule has 4 nitrogen and oxygen atoms in total. The molecule has 0 bridgehead atoms. The van der Waals surface area contributed by atoms with Crippen LogP contribution in [0.25, 0.3) is 0 Å². The largest absolute Gasteiger partial charge is 0.298 e. The molecule has 0 unspecified atom stereocenters. The Kier molecular flexibility index (Phi) is 8.24. The van der Waals surface area contributed by atoms with E-state index in [1.54, 1.807) is 0 Å². The Morgan fingerprint density at radius 3 is 2.00 bits per heavy atom. The lowest BCUT2D eigenvalue weighted by Crippen LogP contribution is -2.26. The lowest BCUT2D eigenvalue weighted by Gasteiger charge is -2.36. The van der Waals surface area contributed by atoms with Crippen LogP contribution in [-0.2, 0) is 18.5 Å². The predicted octanol–water partition coefficient (Wildman–Crippen LogP) is 3.12. The molecule has 0 saturated carbocycles. The number of Topliss-reactive ketones (excluding diaryl/α,β-unsaturated/α-hetero) is 1. The topological polar surface area (TPSA) is 60.4 Å². The van der Waals surface area contributed by atoms with E-state index in [1.807, 2.05) is 34.6 Å². The molecule has 0 spiro atoms. The van der Waals surface area contributed by atoms with Crippen LogP contribution in [0.15, 0.2) is 0 Å². The van der Waals surface area contributed by atoms with Crippen molar-refractivity contribution in [3.05, 3.63) is 0 Å². The van der Waals surface area contributed by atoms with Crippen molar-refractivity contribution in [2.24, 2.45) is 5.92 Å². The molecule has 0 saturated heterocycles. The van der Waals surface area contributed by atoms with E-state index >= 15 is 0 Å². The summed E-state index contributed by atoms with van der Waals surface area (Å²) in [5.41, 5.74) is 0. The average molecular weight is 312 g/mol. The van der Waals surface area contributed by atoms with Crippen molar-refractivity contribution < 1.29 is 16.8 Å². The third-order valence-corrected chi connectivity index (χ3v) is 8.79. The van der Waals surface area contributed by atoms with E-state index in [2.05, 4.69) is 0 Å². The number of rotatable bonds is 10. The molecule has 0 aliphatic carbocycles. The Hall–Kier alpha value is -0.0700. The maximum atomic E-state index is 12.0. The molecule has 0 radical (unpaired) electrons. The van der Waals surface area contributed by atoms with Crippen molar-refractivity contribution >= 4 is 26.2 Å². The molecule has 116 valence electrons. The van der Waals surface area contributed by atoms with E-state index in [1.165, 1.54) is 0 Å². The SMILES string of the molecule is CCCCS(=O)(=O)OS(CC)(CC)CC(=O)C(C)C. The van der Waals surface area contributed by atoms with Gasteiger partial charge in [-0.15, -0.1) is 10.3 Å². The van der Waals surface area contributed by atoms with Crippen LogP contribution in [0.1, 0.15) is 47.5 Å². The standard InChI is InChI=1S/C13H28O4S2/c1-6-9-10-19(15,16)17-18(7-2,8-3)11-13(14)12(4)5/h12H,6-11H2,1-5H3. The van der Waals surface area contributed by atoms with Crippen LogP contribution in [0, 0.1) is 5.92 Å². The van der Waals surface area contributed by atoms with Crippen molar-refractivity contribution in [2.45, 2.75) is 47.5 Å². The van der Waals surface area contributed by atoms with Crippen molar-refractivity contribution in [1.82, 2.24) is 0 Å². The summed E-state index contributed by atoms with van der Waals surface area (Å²) in [7, 11) is -5.35. The maximum Gasteiger partial charge on any atom is 0.276 e. The molecule has 0 heterocycles. The minimum absolute atomic E-state index is 0.0497. The van der Waals surface area contributed by atoms with Crippen LogP contribution >= 0.6 is 10.3 Å². The van der Waals surface area contributed by atoms with Gasteiger partial charge in [-0.05, 0) is 17.9 Å². The van der Waals surface area contributed by atoms with Gasteiger partial charge in [0.05, 0.1) is 11.5 Å². The van der Waals surface area contributed by atoms with Gasteiger partial charge in [-0.25, -0.2) is 3.63 Å². The Balaban J connectivity index is 4.94. The van der Waals surface area contributed by atoms with E-state index in [9.17, 15) is 13.2 Å². The first-order chi connectivity index (χ1) is 8.72. The molecule has 0 aliphatic heterocycles. The van der Waals surface area contributed by atoms with Gasteiger partial charge in [-0.3, -0.25) is 4.79 Å². The van der Waals surface area contributed by atoms with E-state index in [4.69, 9.17) is 3.63 Å². The molecule has 0 rings (SSSR count). The molecular weight excluding hydrogens is 284 g/mol. The number of carbonyl (C=O) groups excluding carboxylic acids is 1. The monoisotopic (exact) mass is 312 g/mol. The Morgan fingerprint density at radius 1 is 1.11 bits per heavy atom. The molecule has 0 fully saturated rings. The van der Waals surface area contributed by atoms with Gasteiger partial charge in [-0.2, -0.15) is 8.42 Å². The highest BCUT2D eigenvalue weighted by atomic mass is 32.3. The fourth-order valence-electron chi connectivity index (χ4n) is 1.53. The predicted molar refractivity (Wildman–Crippen MR) is 83.2 cm³/mol. The quantitative estimate of drug-likeness (QED) is 0.622. The van der Waals surface area contributed by atoms with E-state index in [0.717, 1.165) is 6.42 Å². The number of hydrogen-bond donors (Lipinski definition) is 0. The fourth-order valence-corrected chi connectivity index (χ4v) is 6.83. The smallest absolute Gasteiger partial charge is 0.276 e. The van der Waals surface area contributed by atoms with Gasteiger partial charge in [0.1, 0.15) is 5.78 Å². The molecule has 6 heteroatoms. The third kappa shape index (κ3) is 6.77. The van der Waals surface area contributed by atoms with Crippen LogP contribution in [0.4, 0.5) is 0 Å².